The third-order valence-corrected chi connectivity index (χ3v) is 3.74. The fourth-order valence-electron chi connectivity index (χ4n) is 2.61. The molecule has 2 aromatic carbocycles. The molecule has 0 unspecified atom stereocenters. The lowest BCUT2D eigenvalue weighted by atomic mass is 9.97. The topological polar surface area (TPSA) is 88.4 Å². The van der Waals surface area contributed by atoms with E-state index in [2.05, 4.69) is 0 Å². The van der Waals surface area contributed by atoms with E-state index in [-0.39, 0.29) is 33.0 Å². The molecule has 0 atom stereocenters. The normalized spacial score (nSPS) is 10.7. The van der Waals surface area contributed by atoms with Crippen LogP contribution in [-0.2, 0) is 11.2 Å². The SMILES string of the molecule is OCCOCCOc1cccc(-c2ccc(OCCO)cc2)c1CCO. The van der Waals surface area contributed by atoms with Gasteiger partial charge in [-0.2, -0.15) is 0 Å². The van der Waals surface area contributed by atoms with Crippen molar-refractivity contribution in [3.8, 4) is 22.6 Å². The van der Waals surface area contributed by atoms with E-state index in [9.17, 15) is 5.11 Å². The molecule has 3 N–H and O–H groups in total. The van der Waals surface area contributed by atoms with Gasteiger partial charge in [-0.15, -0.1) is 0 Å². The number of hydrogen-bond donors (Lipinski definition) is 3. The van der Waals surface area contributed by atoms with E-state index >= 15 is 0 Å². The van der Waals surface area contributed by atoms with Crippen LogP contribution in [0.4, 0.5) is 0 Å². The first kappa shape index (κ1) is 20.2. The summed E-state index contributed by atoms with van der Waals surface area (Å²) >= 11 is 0. The van der Waals surface area contributed by atoms with Gasteiger partial charge in [-0.05, 0) is 35.7 Å². The van der Waals surface area contributed by atoms with Crippen molar-refractivity contribution in [2.75, 3.05) is 46.2 Å². The number of rotatable bonds is 12. The van der Waals surface area contributed by atoms with Crippen molar-refractivity contribution < 1.29 is 29.5 Å². The summed E-state index contributed by atoms with van der Waals surface area (Å²) in [6.07, 6.45) is 0.478. The van der Waals surface area contributed by atoms with Crippen LogP contribution in [0.5, 0.6) is 11.5 Å². The number of benzene rings is 2. The summed E-state index contributed by atoms with van der Waals surface area (Å²) in [7, 11) is 0. The van der Waals surface area contributed by atoms with Gasteiger partial charge in [-0.25, -0.2) is 0 Å². The fraction of sp³-hybridized carbons (Fsp3) is 0.400. The Morgan fingerprint density at radius 1 is 0.692 bits per heavy atom. The second-order valence-electron chi connectivity index (χ2n) is 5.54. The number of aliphatic hydroxyl groups is 3. The zero-order valence-corrected chi connectivity index (χ0v) is 14.8. The van der Waals surface area contributed by atoms with E-state index in [1.54, 1.807) is 0 Å². The number of ether oxygens (including phenoxy) is 3. The Morgan fingerprint density at radius 2 is 1.46 bits per heavy atom. The highest BCUT2D eigenvalue weighted by molar-refractivity contribution is 5.70. The van der Waals surface area contributed by atoms with Crippen molar-refractivity contribution in [3.63, 3.8) is 0 Å². The molecule has 6 nitrogen and oxygen atoms in total. The van der Waals surface area contributed by atoms with E-state index in [0.29, 0.717) is 31.1 Å². The van der Waals surface area contributed by atoms with Crippen LogP contribution in [0, 0.1) is 0 Å². The fourth-order valence-corrected chi connectivity index (χ4v) is 2.61. The highest BCUT2D eigenvalue weighted by atomic mass is 16.5. The molecule has 0 saturated carbocycles. The second-order valence-corrected chi connectivity index (χ2v) is 5.54. The summed E-state index contributed by atoms with van der Waals surface area (Å²) in [6, 6.07) is 13.4. The van der Waals surface area contributed by atoms with Gasteiger partial charge in [0, 0.05) is 12.2 Å². The first-order chi connectivity index (χ1) is 12.8. The zero-order chi connectivity index (χ0) is 18.6. The van der Waals surface area contributed by atoms with Gasteiger partial charge in [0.2, 0.25) is 0 Å². The molecule has 2 aromatic rings. The molecule has 0 heterocycles. The Hall–Kier alpha value is -2.12. The van der Waals surface area contributed by atoms with Gasteiger partial charge in [0.05, 0.1) is 26.4 Å². The molecule has 6 heteroatoms. The molecule has 0 fully saturated rings. The molecule has 0 bridgehead atoms. The van der Waals surface area contributed by atoms with Crippen molar-refractivity contribution in [2.45, 2.75) is 6.42 Å². The average molecular weight is 362 g/mol. The number of aliphatic hydroxyl groups excluding tert-OH is 3. The van der Waals surface area contributed by atoms with E-state index in [1.807, 2.05) is 42.5 Å². The maximum atomic E-state index is 9.45. The highest BCUT2D eigenvalue weighted by Crippen LogP contribution is 2.32. The predicted octanol–water partition coefficient (Wildman–Crippen LogP) is 1.65. The molecule has 0 amide bonds. The standard InChI is InChI=1S/C20H26O6/c21-9-8-19-18(16-4-6-17(7-5-16)25-13-11-23)2-1-3-20(19)26-15-14-24-12-10-22/h1-7,21-23H,8-15H2. The van der Waals surface area contributed by atoms with E-state index in [1.165, 1.54) is 0 Å². The van der Waals surface area contributed by atoms with Gasteiger partial charge in [0.1, 0.15) is 24.7 Å². The van der Waals surface area contributed by atoms with Gasteiger partial charge in [0.25, 0.3) is 0 Å². The lowest BCUT2D eigenvalue weighted by molar-refractivity contribution is 0.0702. The average Bonchev–Trinajstić information content (AvgIpc) is 2.68. The minimum absolute atomic E-state index is 0.0107. The van der Waals surface area contributed by atoms with Gasteiger partial charge in [-0.1, -0.05) is 24.3 Å². The first-order valence-electron chi connectivity index (χ1n) is 8.68. The van der Waals surface area contributed by atoms with Crippen LogP contribution in [0.25, 0.3) is 11.1 Å². The minimum atomic E-state index is -0.0240. The molecule has 142 valence electrons. The van der Waals surface area contributed by atoms with Gasteiger partial charge < -0.3 is 29.5 Å². The molecule has 0 aliphatic rings. The maximum Gasteiger partial charge on any atom is 0.123 e. The Bertz CT molecular complexity index is 641. The van der Waals surface area contributed by atoms with Crippen molar-refractivity contribution in [1.82, 2.24) is 0 Å². The van der Waals surface area contributed by atoms with Crippen LogP contribution in [-0.4, -0.2) is 61.6 Å². The highest BCUT2D eigenvalue weighted by Gasteiger charge is 2.11. The van der Waals surface area contributed by atoms with Crippen LogP contribution >= 0.6 is 0 Å². The quantitative estimate of drug-likeness (QED) is 0.498. The van der Waals surface area contributed by atoms with Gasteiger partial charge >= 0.3 is 0 Å². The summed E-state index contributed by atoms with van der Waals surface area (Å²) in [5, 5.41) is 27.0. The van der Waals surface area contributed by atoms with Crippen LogP contribution in [0.3, 0.4) is 0 Å². The predicted molar refractivity (Wildman–Crippen MR) is 98.6 cm³/mol. The number of hydrogen-bond acceptors (Lipinski definition) is 6. The lowest BCUT2D eigenvalue weighted by Gasteiger charge is -2.16. The first-order valence-corrected chi connectivity index (χ1v) is 8.68. The summed E-state index contributed by atoms with van der Waals surface area (Å²) in [5.74, 6) is 1.41. The molecule has 0 aliphatic carbocycles. The molecular weight excluding hydrogens is 336 g/mol. The molecule has 26 heavy (non-hydrogen) atoms. The van der Waals surface area contributed by atoms with E-state index < -0.39 is 0 Å². The third kappa shape index (κ3) is 6.00. The maximum absolute atomic E-state index is 9.45. The molecule has 0 aromatic heterocycles. The van der Waals surface area contributed by atoms with Crippen LogP contribution in [0.2, 0.25) is 0 Å². The molecule has 0 radical (unpaired) electrons. The van der Waals surface area contributed by atoms with Crippen LogP contribution < -0.4 is 9.47 Å². The Kier molecular flexibility index (Phi) is 8.92. The summed E-state index contributed by atoms with van der Waals surface area (Å²) in [6.45, 7) is 1.30. The molecule has 0 spiro atoms. The van der Waals surface area contributed by atoms with Crippen molar-refractivity contribution >= 4 is 0 Å². The lowest BCUT2D eigenvalue weighted by Crippen LogP contribution is -2.10. The largest absolute Gasteiger partial charge is 0.491 e. The van der Waals surface area contributed by atoms with E-state index in [4.69, 9.17) is 24.4 Å². The molecule has 0 aliphatic heterocycles. The summed E-state index contributed by atoms with van der Waals surface area (Å²) < 4.78 is 16.4. The van der Waals surface area contributed by atoms with Gasteiger partial charge in [-0.3, -0.25) is 0 Å². The third-order valence-electron chi connectivity index (χ3n) is 3.74. The monoisotopic (exact) mass is 362 g/mol. The summed E-state index contributed by atoms with van der Waals surface area (Å²) in [5.41, 5.74) is 2.91. The zero-order valence-electron chi connectivity index (χ0n) is 14.8. The van der Waals surface area contributed by atoms with Crippen molar-refractivity contribution in [3.05, 3.63) is 48.0 Å². The van der Waals surface area contributed by atoms with Crippen LogP contribution in [0.1, 0.15) is 5.56 Å². The molecule has 0 saturated heterocycles. The molecular formula is C20H26O6. The summed E-state index contributed by atoms with van der Waals surface area (Å²) in [4.78, 5) is 0. The van der Waals surface area contributed by atoms with E-state index in [0.717, 1.165) is 16.7 Å². The van der Waals surface area contributed by atoms with Crippen LogP contribution in [0.15, 0.2) is 42.5 Å². The van der Waals surface area contributed by atoms with Crippen molar-refractivity contribution in [2.24, 2.45) is 0 Å². The Balaban J connectivity index is 2.15. The Morgan fingerprint density at radius 3 is 2.15 bits per heavy atom. The smallest absolute Gasteiger partial charge is 0.123 e. The minimum Gasteiger partial charge on any atom is -0.491 e. The van der Waals surface area contributed by atoms with Gasteiger partial charge in [0.15, 0.2) is 0 Å². The molecule has 2 rings (SSSR count). The Labute approximate surface area is 153 Å². The second kappa shape index (κ2) is 11.5. The van der Waals surface area contributed by atoms with Crippen molar-refractivity contribution in [1.29, 1.82) is 0 Å².